The van der Waals surface area contributed by atoms with E-state index in [4.69, 9.17) is 15.6 Å². The number of aliphatic hydroxyl groups excluding tert-OH is 1. The number of hydrogen-bond acceptors (Lipinski definition) is 3. The molecule has 3 nitrogen and oxygen atoms in total. The minimum Gasteiger partial charge on any atom is -0.394 e. The van der Waals surface area contributed by atoms with Crippen LogP contribution in [-0.4, -0.2) is 30.5 Å². The Labute approximate surface area is 87.6 Å². The second-order valence-electron chi connectivity index (χ2n) is 4.74. The van der Waals surface area contributed by atoms with E-state index >= 15 is 0 Å². The van der Waals surface area contributed by atoms with Crippen LogP contribution in [0, 0.1) is 5.92 Å². The number of aliphatic hydroxyl groups is 1. The zero-order valence-electron chi connectivity index (χ0n) is 9.75. The molecule has 0 fully saturated rings. The van der Waals surface area contributed by atoms with Crippen molar-refractivity contribution in [3.8, 4) is 0 Å². The lowest BCUT2D eigenvalue weighted by Gasteiger charge is -2.21. The van der Waals surface area contributed by atoms with Crippen molar-refractivity contribution in [1.82, 2.24) is 0 Å². The molecule has 0 aromatic carbocycles. The zero-order valence-corrected chi connectivity index (χ0v) is 9.75. The van der Waals surface area contributed by atoms with Gasteiger partial charge in [-0.2, -0.15) is 0 Å². The lowest BCUT2D eigenvalue weighted by Crippen LogP contribution is -2.39. The Morgan fingerprint density at radius 1 is 1.36 bits per heavy atom. The van der Waals surface area contributed by atoms with Crippen LogP contribution in [-0.2, 0) is 4.74 Å². The van der Waals surface area contributed by atoms with E-state index < -0.39 is 5.54 Å². The van der Waals surface area contributed by atoms with Crippen molar-refractivity contribution in [2.24, 2.45) is 11.7 Å². The predicted molar refractivity (Wildman–Crippen MR) is 59.2 cm³/mol. The van der Waals surface area contributed by atoms with Gasteiger partial charge in [-0.3, -0.25) is 0 Å². The van der Waals surface area contributed by atoms with Crippen LogP contribution in [0.1, 0.15) is 40.0 Å². The summed E-state index contributed by atoms with van der Waals surface area (Å²) in [7, 11) is 0. The summed E-state index contributed by atoms with van der Waals surface area (Å²) in [4.78, 5) is 0. The molecule has 0 aromatic heterocycles. The molecule has 0 saturated carbocycles. The first-order valence-corrected chi connectivity index (χ1v) is 5.45. The van der Waals surface area contributed by atoms with E-state index in [0.29, 0.717) is 5.92 Å². The fourth-order valence-corrected chi connectivity index (χ4v) is 1.13. The number of ether oxygens (including phenoxy) is 1. The van der Waals surface area contributed by atoms with Gasteiger partial charge in [-0.05, 0) is 32.1 Å². The highest BCUT2D eigenvalue weighted by molar-refractivity contribution is 4.76. The van der Waals surface area contributed by atoms with Crippen LogP contribution in [0.5, 0.6) is 0 Å². The maximum Gasteiger partial charge on any atom is 0.0608 e. The van der Waals surface area contributed by atoms with Crippen LogP contribution in [0.3, 0.4) is 0 Å². The number of rotatable bonds is 8. The molecule has 0 aliphatic carbocycles. The topological polar surface area (TPSA) is 55.5 Å². The lowest BCUT2D eigenvalue weighted by atomic mass is 9.97. The first kappa shape index (κ1) is 13.9. The first-order valence-electron chi connectivity index (χ1n) is 5.45. The Morgan fingerprint density at radius 3 is 2.50 bits per heavy atom. The van der Waals surface area contributed by atoms with Crippen molar-refractivity contribution < 1.29 is 9.84 Å². The van der Waals surface area contributed by atoms with Crippen LogP contribution in [0.15, 0.2) is 0 Å². The molecule has 0 spiro atoms. The van der Waals surface area contributed by atoms with Crippen molar-refractivity contribution in [2.75, 3.05) is 19.8 Å². The van der Waals surface area contributed by atoms with Gasteiger partial charge in [0.25, 0.3) is 0 Å². The largest absolute Gasteiger partial charge is 0.394 e. The molecule has 1 unspecified atom stereocenters. The average Bonchev–Trinajstić information content (AvgIpc) is 2.10. The summed E-state index contributed by atoms with van der Waals surface area (Å²) in [6.07, 6.45) is 2.90. The summed E-state index contributed by atoms with van der Waals surface area (Å²) in [5.41, 5.74) is 5.37. The van der Waals surface area contributed by atoms with Gasteiger partial charge in [-0.15, -0.1) is 0 Å². The van der Waals surface area contributed by atoms with E-state index in [1.54, 1.807) is 0 Å². The molecular formula is C11H25NO2. The van der Waals surface area contributed by atoms with Crippen molar-refractivity contribution in [1.29, 1.82) is 0 Å². The summed E-state index contributed by atoms with van der Waals surface area (Å²) in [5, 5.41) is 8.91. The fourth-order valence-electron chi connectivity index (χ4n) is 1.13. The summed E-state index contributed by atoms with van der Waals surface area (Å²) < 4.78 is 5.44. The van der Waals surface area contributed by atoms with E-state index in [2.05, 4.69) is 13.8 Å². The van der Waals surface area contributed by atoms with Gasteiger partial charge in [-0.25, -0.2) is 0 Å². The van der Waals surface area contributed by atoms with Gasteiger partial charge >= 0.3 is 0 Å². The highest BCUT2D eigenvalue weighted by Crippen LogP contribution is 2.09. The Bertz CT molecular complexity index is 135. The maximum absolute atomic E-state index is 8.91. The Kier molecular flexibility index (Phi) is 7.15. The molecule has 0 bridgehead atoms. The van der Waals surface area contributed by atoms with Gasteiger partial charge in [-0.1, -0.05) is 13.8 Å². The van der Waals surface area contributed by atoms with E-state index in [0.717, 1.165) is 32.5 Å². The standard InChI is InChI=1S/C11H25NO2/c1-10(2)8-14-7-5-4-6-11(3,12)9-13/h10,13H,4-9,12H2,1-3H3. The van der Waals surface area contributed by atoms with Gasteiger partial charge in [0.05, 0.1) is 6.61 Å². The molecule has 0 rings (SSSR count). The Balaban J connectivity index is 3.21. The molecule has 3 heteroatoms. The van der Waals surface area contributed by atoms with Crippen LogP contribution in [0.25, 0.3) is 0 Å². The minimum atomic E-state index is -0.419. The maximum atomic E-state index is 8.91. The van der Waals surface area contributed by atoms with E-state index in [1.165, 1.54) is 0 Å². The molecular weight excluding hydrogens is 178 g/mol. The molecule has 0 heterocycles. The molecule has 0 amide bonds. The highest BCUT2D eigenvalue weighted by Gasteiger charge is 2.15. The normalized spacial score (nSPS) is 15.9. The average molecular weight is 203 g/mol. The first-order chi connectivity index (χ1) is 6.48. The molecule has 0 aliphatic heterocycles. The molecule has 0 aromatic rings. The molecule has 14 heavy (non-hydrogen) atoms. The van der Waals surface area contributed by atoms with Crippen molar-refractivity contribution in [2.45, 2.75) is 45.6 Å². The quantitative estimate of drug-likeness (QED) is 0.588. The van der Waals surface area contributed by atoms with Crippen molar-refractivity contribution in [3.63, 3.8) is 0 Å². The molecule has 0 radical (unpaired) electrons. The third-order valence-electron chi connectivity index (χ3n) is 2.10. The summed E-state index contributed by atoms with van der Waals surface area (Å²) in [6.45, 7) is 7.85. The van der Waals surface area contributed by atoms with Gasteiger partial charge in [0.1, 0.15) is 0 Å². The van der Waals surface area contributed by atoms with Crippen LogP contribution < -0.4 is 5.73 Å². The van der Waals surface area contributed by atoms with Crippen molar-refractivity contribution in [3.05, 3.63) is 0 Å². The second kappa shape index (κ2) is 7.21. The lowest BCUT2D eigenvalue weighted by molar-refractivity contribution is 0.104. The molecule has 0 aliphatic rings. The van der Waals surface area contributed by atoms with E-state index in [-0.39, 0.29) is 6.61 Å². The molecule has 0 saturated heterocycles. The third kappa shape index (κ3) is 8.48. The zero-order chi connectivity index (χ0) is 11.0. The second-order valence-corrected chi connectivity index (χ2v) is 4.74. The van der Waals surface area contributed by atoms with Crippen LogP contribution in [0.2, 0.25) is 0 Å². The summed E-state index contributed by atoms with van der Waals surface area (Å²) in [6, 6.07) is 0. The highest BCUT2D eigenvalue weighted by atomic mass is 16.5. The molecule has 3 N–H and O–H groups in total. The molecule has 86 valence electrons. The smallest absolute Gasteiger partial charge is 0.0608 e. The SMILES string of the molecule is CC(C)COCCCCC(C)(N)CO. The van der Waals surface area contributed by atoms with Crippen molar-refractivity contribution >= 4 is 0 Å². The van der Waals surface area contributed by atoms with E-state index in [9.17, 15) is 0 Å². The predicted octanol–water partition coefficient (Wildman–Crippen LogP) is 1.54. The van der Waals surface area contributed by atoms with Gasteiger partial charge in [0.2, 0.25) is 0 Å². The Hall–Kier alpha value is -0.120. The summed E-state index contributed by atoms with van der Waals surface area (Å²) >= 11 is 0. The minimum absolute atomic E-state index is 0.0554. The third-order valence-corrected chi connectivity index (χ3v) is 2.10. The number of hydrogen-bond donors (Lipinski definition) is 2. The van der Waals surface area contributed by atoms with Gasteiger partial charge in [0.15, 0.2) is 0 Å². The number of unbranched alkanes of at least 4 members (excludes halogenated alkanes) is 1. The van der Waals surface area contributed by atoms with Gasteiger partial charge < -0.3 is 15.6 Å². The summed E-state index contributed by atoms with van der Waals surface area (Å²) in [5.74, 6) is 0.604. The van der Waals surface area contributed by atoms with E-state index in [1.807, 2.05) is 6.92 Å². The monoisotopic (exact) mass is 203 g/mol. The van der Waals surface area contributed by atoms with Crippen LogP contribution >= 0.6 is 0 Å². The Morgan fingerprint density at radius 2 is 2.00 bits per heavy atom. The fraction of sp³-hybridized carbons (Fsp3) is 1.00. The van der Waals surface area contributed by atoms with Crippen LogP contribution in [0.4, 0.5) is 0 Å². The number of nitrogens with two attached hydrogens (primary N) is 1. The molecule has 1 atom stereocenters. The van der Waals surface area contributed by atoms with Gasteiger partial charge in [0, 0.05) is 18.8 Å².